The van der Waals surface area contributed by atoms with Gasteiger partial charge in [0.1, 0.15) is 5.75 Å². The van der Waals surface area contributed by atoms with E-state index in [1.54, 1.807) is 0 Å². The number of nitrogens with one attached hydrogen (secondary N) is 1. The van der Waals surface area contributed by atoms with Crippen molar-refractivity contribution in [2.75, 3.05) is 23.4 Å². The Morgan fingerprint density at radius 2 is 1.83 bits per heavy atom. The summed E-state index contributed by atoms with van der Waals surface area (Å²) in [6.45, 7) is 2.50. The molecule has 3 rings (SSSR count). The van der Waals surface area contributed by atoms with Gasteiger partial charge in [-0.05, 0) is 54.7 Å². The SMILES string of the molecule is CCOc1ccccc1NC(=O)c1ccc(C2SCCCS2)cc1. The third-order valence-electron chi connectivity index (χ3n) is 3.71. The van der Waals surface area contributed by atoms with Crippen molar-refractivity contribution in [1.29, 1.82) is 0 Å². The number of para-hydroxylation sites is 2. The molecule has 0 aliphatic carbocycles. The summed E-state index contributed by atoms with van der Waals surface area (Å²) in [5.74, 6) is 3.01. The highest BCUT2D eigenvalue weighted by atomic mass is 32.2. The fraction of sp³-hybridized carbons (Fsp3) is 0.316. The maximum atomic E-state index is 12.5. The van der Waals surface area contributed by atoms with Crippen LogP contribution in [0.3, 0.4) is 0 Å². The Bertz CT molecular complexity index is 682. The van der Waals surface area contributed by atoms with Crippen LogP contribution in [0.25, 0.3) is 0 Å². The predicted molar refractivity (Wildman–Crippen MR) is 104 cm³/mol. The molecule has 0 aromatic heterocycles. The minimum Gasteiger partial charge on any atom is -0.492 e. The van der Waals surface area contributed by atoms with Gasteiger partial charge in [0.15, 0.2) is 0 Å². The zero-order valence-electron chi connectivity index (χ0n) is 13.7. The molecular weight excluding hydrogens is 338 g/mol. The van der Waals surface area contributed by atoms with E-state index in [1.807, 2.05) is 66.8 Å². The molecule has 3 nitrogen and oxygen atoms in total. The van der Waals surface area contributed by atoms with Crippen LogP contribution in [0.4, 0.5) is 5.69 Å². The molecule has 1 fully saturated rings. The number of carbonyl (C=O) groups excluding carboxylic acids is 1. The largest absolute Gasteiger partial charge is 0.492 e. The minimum atomic E-state index is -0.113. The Morgan fingerprint density at radius 3 is 2.54 bits per heavy atom. The lowest BCUT2D eigenvalue weighted by Crippen LogP contribution is -2.13. The predicted octanol–water partition coefficient (Wildman–Crippen LogP) is 5.21. The molecule has 2 aromatic rings. The lowest BCUT2D eigenvalue weighted by Gasteiger charge is -2.21. The second-order valence-corrected chi connectivity index (χ2v) is 8.16. The van der Waals surface area contributed by atoms with E-state index in [1.165, 1.54) is 23.5 Å². The van der Waals surface area contributed by atoms with Gasteiger partial charge in [-0.1, -0.05) is 24.3 Å². The Balaban J connectivity index is 1.69. The van der Waals surface area contributed by atoms with Crippen LogP contribution in [0.15, 0.2) is 48.5 Å². The highest BCUT2D eigenvalue weighted by molar-refractivity contribution is 8.16. The molecule has 126 valence electrons. The average Bonchev–Trinajstić information content (AvgIpc) is 2.64. The van der Waals surface area contributed by atoms with E-state index in [-0.39, 0.29) is 5.91 Å². The summed E-state index contributed by atoms with van der Waals surface area (Å²) in [6, 6.07) is 15.5. The van der Waals surface area contributed by atoms with Crippen LogP contribution in [-0.2, 0) is 0 Å². The third kappa shape index (κ3) is 4.28. The highest BCUT2D eigenvalue weighted by Crippen LogP contribution is 2.43. The Hall–Kier alpha value is -1.59. The number of hydrogen-bond donors (Lipinski definition) is 1. The van der Waals surface area contributed by atoms with E-state index in [0.717, 1.165) is 0 Å². The number of benzene rings is 2. The van der Waals surface area contributed by atoms with Crippen molar-refractivity contribution in [1.82, 2.24) is 0 Å². The first-order valence-corrected chi connectivity index (χ1v) is 10.2. The van der Waals surface area contributed by atoms with Gasteiger partial charge in [0.05, 0.1) is 16.9 Å². The normalized spacial score (nSPS) is 15.0. The average molecular weight is 360 g/mol. The summed E-state index contributed by atoms with van der Waals surface area (Å²) in [5.41, 5.74) is 2.65. The van der Waals surface area contributed by atoms with Crippen LogP contribution in [0.5, 0.6) is 5.75 Å². The number of thioether (sulfide) groups is 2. The number of hydrogen-bond acceptors (Lipinski definition) is 4. The fourth-order valence-electron chi connectivity index (χ4n) is 2.52. The highest BCUT2D eigenvalue weighted by Gasteiger charge is 2.17. The number of ether oxygens (including phenoxy) is 1. The monoisotopic (exact) mass is 359 g/mol. The molecule has 5 heteroatoms. The quantitative estimate of drug-likeness (QED) is 0.796. The summed E-state index contributed by atoms with van der Waals surface area (Å²) in [5, 5.41) is 2.94. The summed E-state index contributed by atoms with van der Waals surface area (Å²) < 4.78 is 6.05. The van der Waals surface area contributed by atoms with Crippen molar-refractivity contribution < 1.29 is 9.53 Å². The van der Waals surface area contributed by atoms with Crippen molar-refractivity contribution in [3.05, 3.63) is 59.7 Å². The lowest BCUT2D eigenvalue weighted by molar-refractivity contribution is 0.102. The zero-order valence-corrected chi connectivity index (χ0v) is 15.3. The summed E-state index contributed by atoms with van der Waals surface area (Å²) in [7, 11) is 0. The third-order valence-corrected chi connectivity index (χ3v) is 6.72. The molecule has 1 heterocycles. The maximum Gasteiger partial charge on any atom is 0.255 e. The molecular formula is C19H21NO2S2. The van der Waals surface area contributed by atoms with Crippen molar-refractivity contribution in [2.24, 2.45) is 0 Å². The molecule has 24 heavy (non-hydrogen) atoms. The second kappa shape index (κ2) is 8.49. The lowest BCUT2D eigenvalue weighted by atomic mass is 10.1. The van der Waals surface area contributed by atoms with Crippen LogP contribution >= 0.6 is 23.5 Å². The molecule has 1 N–H and O–H groups in total. The summed E-state index contributed by atoms with van der Waals surface area (Å²) in [4.78, 5) is 12.5. The number of amides is 1. The first kappa shape index (κ1) is 17.2. The van der Waals surface area contributed by atoms with Crippen LogP contribution in [0, 0.1) is 0 Å². The first-order valence-electron chi connectivity index (χ1n) is 8.14. The minimum absolute atomic E-state index is 0.113. The van der Waals surface area contributed by atoms with E-state index in [0.29, 0.717) is 28.2 Å². The first-order chi connectivity index (χ1) is 11.8. The van der Waals surface area contributed by atoms with Gasteiger partial charge in [0.25, 0.3) is 5.91 Å². The van der Waals surface area contributed by atoms with E-state index in [2.05, 4.69) is 17.4 Å². The Kier molecular flexibility index (Phi) is 6.10. The Morgan fingerprint density at radius 1 is 1.12 bits per heavy atom. The van der Waals surface area contributed by atoms with Crippen LogP contribution < -0.4 is 10.1 Å². The van der Waals surface area contributed by atoms with E-state index in [4.69, 9.17) is 4.74 Å². The zero-order chi connectivity index (χ0) is 16.8. The van der Waals surface area contributed by atoms with Crippen molar-refractivity contribution >= 4 is 35.1 Å². The fourth-order valence-corrected chi connectivity index (χ4v) is 5.41. The van der Waals surface area contributed by atoms with Gasteiger partial charge in [-0.3, -0.25) is 4.79 Å². The molecule has 2 aromatic carbocycles. The number of anilines is 1. The van der Waals surface area contributed by atoms with Crippen LogP contribution in [-0.4, -0.2) is 24.0 Å². The summed E-state index contributed by atoms with van der Waals surface area (Å²) >= 11 is 3.97. The molecule has 0 bridgehead atoms. The Labute approximate surface area is 151 Å². The van der Waals surface area contributed by atoms with Crippen LogP contribution in [0.2, 0.25) is 0 Å². The van der Waals surface area contributed by atoms with Crippen molar-refractivity contribution in [3.8, 4) is 5.75 Å². The van der Waals surface area contributed by atoms with Gasteiger partial charge >= 0.3 is 0 Å². The molecule has 0 atom stereocenters. The number of carbonyl (C=O) groups is 1. The van der Waals surface area contributed by atoms with Gasteiger partial charge in [-0.2, -0.15) is 0 Å². The standard InChI is InChI=1S/C19H21NO2S2/c1-2-22-17-7-4-3-6-16(17)20-18(21)14-8-10-15(11-9-14)19-23-12-5-13-24-19/h3-4,6-11,19H,2,5,12-13H2,1H3,(H,20,21). The van der Waals surface area contributed by atoms with E-state index >= 15 is 0 Å². The maximum absolute atomic E-state index is 12.5. The second-order valence-electron chi connectivity index (χ2n) is 5.43. The molecule has 0 spiro atoms. The molecule has 0 saturated carbocycles. The summed E-state index contributed by atoms with van der Waals surface area (Å²) in [6.07, 6.45) is 1.28. The van der Waals surface area contributed by atoms with E-state index < -0.39 is 0 Å². The van der Waals surface area contributed by atoms with Gasteiger partial charge in [-0.15, -0.1) is 23.5 Å². The molecule has 1 amide bonds. The topological polar surface area (TPSA) is 38.3 Å². The van der Waals surface area contributed by atoms with Crippen molar-refractivity contribution in [3.63, 3.8) is 0 Å². The van der Waals surface area contributed by atoms with Gasteiger partial charge in [0.2, 0.25) is 0 Å². The van der Waals surface area contributed by atoms with Gasteiger partial charge < -0.3 is 10.1 Å². The smallest absolute Gasteiger partial charge is 0.255 e. The van der Waals surface area contributed by atoms with Crippen LogP contribution in [0.1, 0.15) is 33.8 Å². The number of rotatable bonds is 5. The molecule has 0 unspecified atom stereocenters. The molecule has 0 radical (unpaired) electrons. The van der Waals surface area contributed by atoms with E-state index in [9.17, 15) is 4.79 Å². The van der Waals surface area contributed by atoms with Gasteiger partial charge in [0, 0.05) is 5.56 Å². The molecule has 1 saturated heterocycles. The molecule has 1 aliphatic rings. The molecule has 1 aliphatic heterocycles. The van der Waals surface area contributed by atoms with Crippen molar-refractivity contribution in [2.45, 2.75) is 17.9 Å². The van der Waals surface area contributed by atoms with Gasteiger partial charge in [-0.25, -0.2) is 0 Å².